The highest BCUT2D eigenvalue weighted by Crippen LogP contribution is 2.19. The molecule has 0 spiro atoms. The van der Waals surface area contributed by atoms with Crippen molar-refractivity contribution in [2.24, 2.45) is 0 Å². The van der Waals surface area contributed by atoms with Crippen LogP contribution < -0.4 is 5.11 Å². The van der Waals surface area contributed by atoms with Gasteiger partial charge in [0.1, 0.15) is 12.1 Å². The Hall–Kier alpha value is -0.610. The van der Waals surface area contributed by atoms with Crippen LogP contribution in [0.3, 0.4) is 0 Å². The molecule has 0 N–H and O–H groups in total. The van der Waals surface area contributed by atoms with Crippen LogP contribution in [0.15, 0.2) is 0 Å². The number of carboxylic acid groups (broad SMARTS) is 1. The van der Waals surface area contributed by atoms with Crippen molar-refractivity contribution in [3.8, 4) is 0 Å². The van der Waals surface area contributed by atoms with Crippen LogP contribution in [-0.2, 0) is 9.53 Å². The van der Waals surface area contributed by atoms with Crippen molar-refractivity contribution >= 4 is 5.97 Å². The number of hydrogen-bond acceptors (Lipinski definition) is 3. The van der Waals surface area contributed by atoms with Gasteiger partial charge in [0, 0.05) is 19.0 Å². The number of carbonyl (C=O) groups excluding carboxylic acids is 1. The number of quaternary nitrogens is 1. The molecule has 0 radical (unpaired) electrons. The standard InChI is InChI=1S/C12H25NO3/c1-6-7-8-16-12(2,9-11(14)15)10-13(3,4)5/h6-10H2,1-5H3. The van der Waals surface area contributed by atoms with Crippen molar-refractivity contribution in [2.75, 3.05) is 34.3 Å². The molecule has 0 aliphatic carbocycles. The summed E-state index contributed by atoms with van der Waals surface area (Å²) < 4.78 is 6.40. The third-order valence-electron chi connectivity index (χ3n) is 2.28. The molecule has 0 rings (SSSR count). The van der Waals surface area contributed by atoms with E-state index in [4.69, 9.17) is 4.74 Å². The van der Waals surface area contributed by atoms with E-state index in [0.717, 1.165) is 12.8 Å². The van der Waals surface area contributed by atoms with E-state index in [-0.39, 0.29) is 6.42 Å². The van der Waals surface area contributed by atoms with Crippen LogP contribution in [0.5, 0.6) is 0 Å². The average molecular weight is 231 g/mol. The molecular weight excluding hydrogens is 206 g/mol. The Bertz CT molecular complexity index is 223. The summed E-state index contributed by atoms with van der Waals surface area (Å²) >= 11 is 0. The number of ether oxygens (including phenoxy) is 1. The number of rotatable bonds is 8. The number of aliphatic carboxylic acids is 1. The molecule has 0 aromatic heterocycles. The second-order valence-electron chi connectivity index (χ2n) is 5.65. The van der Waals surface area contributed by atoms with E-state index in [2.05, 4.69) is 6.92 Å². The van der Waals surface area contributed by atoms with Crippen LogP contribution in [0.25, 0.3) is 0 Å². The molecule has 0 saturated heterocycles. The van der Waals surface area contributed by atoms with E-state index < -0.39 is 11.6 Å². The number of likely N-dealkylation sites (N-methyl/N-ethyl adjacent to an activating group) is 1. The van der Waals surface area contributed by atoms with Crippen molar-refractivity contribution in [2.45, 2.75) is 38.7 Å². The van der Waals surface area contributed by atoms with Gasteiger partial charge in [-0.15, -0.1) is 0 Å². The van der Waals surface area contributed by atoms with Gasteiger partial charge in [0.25, 0.3) is 0 Å². The number of carboxylic acids is 1. The largest absolute Gasteiger partial charge is 0.550 e. The Kier molecular flexibility index (Phi) is 5.97. The molecule has 0 amide bonds. The van der Waals surface area contributed by atoms with Crippen molar-refractivity contribution in [1.29, 1.82) is 0 Å². The molecule has 4 heteroatoms. The minimum absolute atomic E-state index is 0.0494. The van der Waals surface area contributed by atoms with Gasteiger partial charge in [-0.3, -0.25) is 0 Å². The summed E-state index contributed by atoms with van der Waals surface area (Å²) in [5.41, 5.74) is -0.633. The summed E-state index contributed by atoms with van der Waals surface area (Å²) in [4.78, 5) is 10.7. The van der Waals surface area contributed by atoms with E-state index in [9.17, 15) is 9.90 Å². The smallest absolute Gasteiger partial charge is 0.119 e. The lowest BCUT2D eigenvalue weighted by atomic mass is 10.0. The van der Waals surface area contributed by atoms with Crippen molar-refractivity contribution in [3.63, 3.8) is 0 Å². The number of unbranched alkanes of at least 4 members (excludes halogenated alkanes) is 1. The molecule has 0 aromatic carbocycles. The predicted molar refractivity (Wildman–Crippen MR) is 61.8 cm³/mol. The Balaban J connectivity index is 4.42. The normalized spacial score (nSPS) is 15.8. The maximum atomic E-state index is 10.7. The lowest BCUT2D eigenvalue weighted by Crippen LogP contribution is -2.51. The topological polar surface area (TPSA) is 49.4 Å². The van der Waals surface area contributed by atoms with Gasteiger partial charge in [0.15, 0.2) is 0 Å². The number of nitrogens with zero attached hydrogens (tertiary/aromatic N) is 1. The van der Waals surface area contributed by atoms with Gasteiger partial charge in [-0.05, 0) is 13.3 Å². The summed E-state index contributed by atoms with van der Waals surface area (Å²) in [6.45, 7) is 5.20. The third kappa shape index (κ3) is 7.65. The van der Waals surface area contributed by atoms with Crippen molar-refractivity contribution < 1.29 is 19.1 Å². The van der Waals surface area contributed by atoms with Crippen molar-refractivity contribution in [1.82, 2.24) is 0 Å². The molecule has 0 heterocycles. The van der Waals surface area contributed by atoms with E-state index in [1.165, 1.54) is 0 Å². The summed E-state index contributed by atoms with van der Waals surface area (Å²) in [6.07, 6.45) is 1.96. The first kappa shape index (κ1) is 15.4. The van der Waals surface area contributed by atoms with Gasteiger partial charge < -0.3 is 19.1 Å². The van der Waals surface area contributed by atoms with E-state index >= 15 is 0 Å². The van der Waals surface area contributed by atoms with Crippen LogP contribution in [0.4, 0.5) is 0 Å². The van der Waals surface area contributed by atoms with Gasteiger partial charge in [-0.25, -0.2) is 0 Å². The fraction of sp³-hybridized carbons (Fsp3) is 0.917. The third-order valence-corrected chi connectivity index (χ3v) is 2.28. The Labute approximate surface area is 98.8 Å². The monoisotopic (exact) mass is 231 g/mol. The summed E-state index contributed by atoms with van der Waals surface area (Å²) in [5.74, 6) is -1.05. The van der Waals surface area contributed by atoms with Crippen LogP contribution in [0.2, 0.25) is 0 Å². The van der Waals surface area contributed by atoms with Crippen LogP contribution in [0.1, 0.15) is 33.1 Å². The van der Waals surface area contributed by atoms with Gasteiger partial charge in [0.2, 0.25) is 0 Å². The highest BCUT2D eigenvalue weighted by molar-refractivity contribution is 5.65. The molecule has 16 heavy (non-hydrogen) atoms. The lowest BCUT2D eigenvalue weighted by molar-refractivity contribution is -0.877. The molecule has 0 aliphatic rings. The zero-order valence-corrected chi connectivity index (χ0v) is 11.2. The van der Waals surface area contributed by atoms with E-state index in [0.29, 0.717) is 17.6 Å². The Morgan fingerprint density at radius 2 is 1.94 bits per heavy atom. The highest BCUT2D eigenvalue weighted by atomic mass is 16.5. The molecular formula is C12H25NO3. The van der Waals surface area contributed by atoms with Crippen LogP contribution in [-0.4, -0.2) is 50.3 Å². The first-order valence-corrected chi connectivity index (χ1v) is 5.83. The fourth-order valence-electron chi connectivity index (χ4n) is 1.92. The SMILES string of the molecule is CCCCOC(C)(CC(=O)[O-])C[N+](C)(C)C. The second-order valence-corrected chi connectivity index (χ2v) is 5.65. The molecule has 0 aliphatic heterocycles. The highest BCUT2D eigenvalue weighted by Gasteiger charge is 2.32. The average Bonchev–Trinajstić information content (AvgIpc) is 1.98. The maximum absolute atomic E-state index is 10.7. The Morgan fingerprint density at radius 1 is 1.38 bits per heavy atom. The number of carbonyl (C=O) groups is 1. The molecule has 0 aromatic rings. The fourth-order valence-corrected chi connectivity index (χ4v) is 1.92. The molecule has 1 unspecified atom stereocenters. The molecule has 0 fully saturated rings. The Morgan fingerprint density at radius 3 is 2.31 bits per heavy atom. The molecule has 4 nitrogen and oxygen atoms in total. The summed E-state index contributed by atoms with van der Waals surface area (Å²) in [5, 5.41) is 10.7. The van der Waals surface area contributed by atoms with Crippen molar-refractivity contribution in [3.05, 3.63) is 0 Å². The predicted octanol–water partition coefficient (Wildman–Crippen LogP) is 0.408. The first-order valence-electron chi connectivity index (χ1n) is 5.83. The molecule has 1 atom stereocenters. The molecule has 0 bridgehead atoms. The second kappa shape index (κ2) is 6.21. The first-order chi connectivity index (χ1) is 7.18. The van der Waals surface area contributed by atoms with Gasteiger partial charge in [0.05, 0.1) is 21.1 Å². The minimum atomic E-state index is -1.05. The summed E-state index contributed by atoms with van der Waals surface area (Å²) in [7, 11) is 6.07. The number of hydrogen-bond donors (Lipinski definition) is 0. The quantitative estimate of drug-likeness (QED) is 0.449. The molecule has 0 saturated carbocycles. The van der Waals surface area contributed by atoms with Gasteiger partial charge in [-0.2, -0.15) is 0 Å². The van der Waals surface area contributed by atoms with Crippen LogP contribution >= 0.6 is 0 Å². The lowest BCUT2D eigenvalue weighted by Gasteiger charge is -2.37. The zero-order chi connectivity index (χ0) is 12.8. The minimum Gasteiger partial charge on any atom is -0.550 e. The van der Waals surface area contributed by atoms with Crippen LogP contribution in [0, 0.1) is 0 Å². The van der Waals surface area contributed by atoms with E-state index in [1.807, 2.05) is 28.1 Å². The molecule has 96 valence electrons. The van der Waals surface area contributed by atoms with Gasteiger partial charge >= 0.3 is 0 Å². The maximum Gasteiger partial charge on any atom is 0.119 e. The van der Waals surface area contributed by atoms with E-state index in [1.54, 1.807) is 0 Å². The zero-order valence-electron chi connectivity index (χ0n) is 11.2. The summed E-state index contributed by atoms with van der Waals surface area (Å²) in [6, 6.07) is 0. The van der Waals surface area contributed by atoms with Gasteiger partial charge in [-0.1, -0.05) is 13.3 Å².